The summed E-state index contributed by atoms with van der Waals surface area (Å²) in [5, 5.41) is 0. The molecule has 0 fully saturated rings. The Hall–Kier alpha value is -1.54. The van der Waals surface area contributed by atoms with Crippen LogP contribution in [0.4, 0.5) is 15.8 Å². The predicted molar refractivity (Wildman–Crippen MR) is 77.8 cm³/mol. The van der Waals surface area contributed by atoms with Gasteiger partial charge in [-0.3, -0.25) is 0 Å². The highest BCUT2D eigenvalue weighted by atomic mass is 35.5. The number of halogens is 2. The van der Waals surface area contributed by atoms with E-state index in [0.29, 0.717) is 5.88 Å². The average Bonchev–Trinajstić information content (AvgIpc) is 2.81. The largest absolute Gasteiger partial charge is 0.341 e. The lowest BCUT2D eigenvalue weighted by Gasteiger charge is -2.22. The van der Waals surface area contributed by atoms with Crippen LogP contribution in [-0.2, 0) is 12.3 Å². The van der Waals surface area contributed by atoms with Crippen molar-refractivity contribution in [1.82, 2.24) is 0 Å². The van der Waals surface area contributed by atoms with Crippen molar-refractivity contribution in [3.63, 3.8) is 0 Å². The molecule has 1 heterocycles. The van der Waals surface area contributed by atoms with Crippen molar-refractivity contribution in [2.24, 2.45) is 0 Å². The van der Waals surface area contributed by atoms with Crippen molar-refractivity contribution in [3.8, 4) is 0 Å². The summed E-state index contributed by atoms with van der Waals surface area (Å²) in [4.78, 5) is 2.19. The van der Waals surface area contributed by atoms with Crippen LogP contribution in [0.2, 0.25) is 0 Å². The number of nitrogens with zero attached hydrogens (tertiary/aromatic N) is 1. The zero-order chi connectivity index (χ0) is 13.4. The Morgan fingerprint density at radius 2 is 2.00 bits per heavy atom. The summed E-state index contributed by atoms with van der Waals surface area (Å²) in [6.07, 6.45) is 0.965. The molecule has 3 heteroatoms. The molecule has 0 atom stereocenters. The maximum Gasteiger partial charge on any atom is 0.125 e. The van der Waals surface area contributed by atoms with Gasteiger partial charge >= 0.3 is 0 Å². The van der Waals surface area contributed by atoms with Crippen molar-refractivity contribution in [1.29, 1.82) is 0 Å². The summed E-state index contributed by atoms with van der Waals surface area (Å²) in [7, 11) is 0. The lowest BCUT2D eigenvalue weighted by molar-refractivity contribution is 0.628. The molecule has 0 saturated carbocycles. The minimum absolute atomic E-state index is 0.180. The van der Waals surface area contributed by atoms with E-state index < -0.39 is 0 Å². The van der Waals surface area contributed by atoms with E-state index in [1.165, 1.54) is 17.2 Å². The molecule has 0 N–H and O–H groups in total. The van der Waals surface area contributed by atoms with Gasteiger partial charge in [-0.2, -0.15) is 0 Å². The van der Waals surface area contributed by atoms with Crippen LogP contribution in [0, 0.1) is 12.7 Å². The number of benzene rings is 2. The third kappa shape index (κ3) is 2.21. The standard InChI is InChI=1S/C16H15ClFN/c1-11-8-12(10-17)2-5-15(11)19-7-6-13-3-4-14(18)9-16(13)19/h2-5,8-9H,6-7,10H2,1H3. The van der Waals surface area contributed by atoms with E-state index in [9.17, 15) is 4.39 Å². The summed E-state index contributed by atoms with van der Waals surface area (Å²) < 4.78 is 13.4. The molecule has 98 valence electrons. The van der Waals surface area contributed by atoms with Crippen molar-refractivity contribution in [2.75, 3.05) is 11.4 Å². The molecule has 2 aromatic rings. The van der Waals surface area contributed by atoms with Gasteiger partial charge in [0.05, 0.1) is 0 Å². The second kappa shape index (κ2) is 4.86. The summed E-state index contributed by atoms with van der Waals surface area (Å²) in [6.45, 7) is 2.97. The summed E-state index contributed by atoms with van der Waals surface area (Å²) in [5.74, 6) is 0.340. The molecule has 0 unspecified atom stereocenters. The van der Waals surface area contributed by atoms with Crippen LogP contribution in [0.1, 0.15) is 16.7 Å². The third-order valence-corrected chi connectivity index (χ3v) is 3.96. The molecule has 0 spiro atoms. The zero-order valence-electron chi connectivity index (χ0n) is 10.8. The van der Waals surface area contributed by atoms with Crippen molar-refractivity contribution < 1.29 is 4.39 Å². The molecule has 1 nitrogen and oxygen atoms in total. The normalized spacial score (nSPS) is 13.7. The van der Waals surface area contributed by atoms with E-state index in [1.807, 2.05) is 12.1 Å². The Labute approximate surface area is 117 Å². The Morgan fingerprint density at radius 1 is 1.16 bits per heavy atom. The molecule has 0 amide bonds. The van der Waals surface area contributed by atoms with E-state index in [-0.39, 0.29) is 5.82 Å². The molecule has 2 aromatic carbocycles. The number of anilines is 2. The van der Waals surface area contributed by atoms with E-state index in [2.05, 4.69) is 24.0 Å². The zero-order valence-corrected chi connectivity index (χ0v) is 11.5. The Kier molecular flexibility index (Phi) is 3.19. The smallest absolute Gasteiger partial charge is 0.125 e. The quantitative estimate of drug-likeness (QED) is 0.726. The first-order valence-corrected chi connectivity index (χ1v) is 6.94. The van der Waals surface area contributed by atoms with Crippen LogP contribution in [-0.4, -0.2) is 6.54 Å². The molecular weight excluding hydrogens is 261 g/mol. The highest BCUT2D eigenvalue weighted by molar-refractivity contribution is 6.17. The van der Waals surface area contributed by atoms with E-state index >= 15 is 0 Å². The molecule has 19 heavy (non-hydrogen) atoms. The summed E-state index contributed by atoms with van der Waals surface area (Å²) in [5.41, 5.74) is 5.62. The first-order chi connectivity index (χ1) is 9.19. The van der Waals surface area contributed by atoms with Gasteiger partial charge in [-0.05, 0) is 48.2 Å². The fraction of sp³-hybridized carbons (Fsp3) is 0.250. The van der Waals surface area contributed by atoms with Crippen LogP contribution in [0.3, 0.4) is 0 Å². The lowest BCUT2D eigenvalue weighted by atomic mass is 10.1. The second-order valence-corrected chi connectivity index (χ2v) is 5.20. The van der Waals surface area contributed by atoms with Crippen molar-refractivity contribution >= 4 is 23.0 Å². The number of alkyl halides is 1. The fourth-order valence-corrected chi connectivity index (χ4v) is 2.87. The highest BCUT2D eigenvalue weighted by Gasteiger charge is 2.22. The maximum atomic E-state index is 13.4. The molecule has 1 aliphatic heterocycles. The molecule has 0 bridgehead atoms. The van der Waals surface area contributed by atoms with Crippen LogP contribution in [0.15, 0.2) is 36.4 Å². The molecule has 1 aliphatic rings. The van der Waals surface area contributed by atoms with Gasteiger partial charge < -0.3 is 4.90 Å². The topological polar surface area (TPSA) is 3.24 Å². The highest BCUT2D eigenvalue weighted by Crippen LogP contribution is 2.36. The van der Waals surface area contributed by atoms with Crippen molar-refractivity contribution in [2.45, 2.75) is 19.2 Å². The van der Waals surface area contributed by atoms with Gasteiger partial charge in [-0.15, -0.1) is 11.6 Å². The second-order valence-electron chi connectivity index (χ2n) is 4.93. The maximum absolute atomic E-state index is 13.4. The Bertz CT molecular complexity index is 624. The minimum atomic E-state index is -0.180. The SMILES string of the molecule is Cc1cc(CCl)ccc1N1CCc2ccc(F)cc21. The number of rotatable bonds is 2. The fourth-order valence-electron chi connectivity index (χ4n) is 2.71. The van der Waals surface area contributed by atoms with E-state index in [4.69, 9.17) is 11.6 Å². The van der Waals surface area contributed by atoms with Gasteiger partial charge in [0.15, 0.2) is 0 Å². The van der Waals surface area contributed by atoms with Crippen LogP contribution in [0.5, 0.6) is 0 Å². The summed E-state index contributed by atoms with van der Waals surface area (Å²) >= 11 is 5.85. The van der Waals surface area contributed by atoms with Crippen LogP contribution >= 0.6 is 11.6 Å². The average molecular weight is 276 g/mol. The Balaban J connectivity index is 2.04. The summed E-state index contributed by atoms with van der Waals surface area (Å²) in [6, 6.07) is 11.2. The van der Waals surface area contributed by atoms with Gasteiger partial charge in [-0.25, -0.2) is 4.39 Å². The van der Waals surface area contributed by atoms with Gasteiger partial charge in [0.25, 0.3) is 0 Å². The third-order valence-electron chi connectivity index (χ3n) is 3.65. The van der Waals surface area contributed by atoms with Crippen molar-refractivity contribution in [3.05, 3.63) is 58.9 Å². The van der Waals surface area contributed by atoms with Gasteiger partial charge in [0.2, 0.25) is 0 Å². The minimum Gasteiger partial charge on any atom is -0.341 e. The monoisotopic (exact) mass is 275 g/mol. The van der Waals surface area contributed by atoms with E-state index in [1.54, 1.807) is 6.07 Å². The van der Waals surface area contributed by atoms with Crippen LogP contribution < -0.4 is 4.90 Å². The lowest BCUT2D eigenvalue weighted by Crippen LogP contribution is -2.14. The van der Waals surface area contributed by atoms with Crippen LogP contribution in [0.25, 0.3) is 0 Å². The molecule has 0 aromatic heterocycles. The Morgan fingerprint density at radius 3 is 2.74 bits per heavy atom. The first-order valence-electron chi connectivity index (χ1n) is 6.40. The first kappa shape index (κ1) is 12.5. The van der Waals surface area contributed by atoms with E-state index in [0.717, 1.165) is 29.9 Å². The molecule has 0 radical (unpaired) electrons. The number of fused-ring (bicyclic) bond motifs is 1. The number of hydrogen-bond acceptors (Lipinski definition) is 1. The molecule has 0 aliphatic carbocycles. The van der Waals surface area contributed by atoms with Gasteiger partial charge in [-0.1, -0.05) is 18.2 Å². The molecule has 0 saturated heterocycles. The number of hydrogen-bond donors (Lipinski definition) is 0. The molecule has 3 rings (SSSR count). The number of aryl methyl sites for hydroxylation is 1. The predicted octanol–water partition coefficient (Wildman–Crippen LogP) is 4.57. The molecular formula is C16H15ClFN. The van der Waals surface area contributed by atoms with Gasteiger partial charge in [0.1, 0.15) is 5.82 Å². The van der Waals surface area contributed by atoms with Gasteiger partial charge in [0, 0.05) is 23.8 Å².